The molecule has 0 aliphatic rings. The molecule has 1 atom stereocenters. The first-order chi connectivity index (χ1) is 9.02. The first kappa shape index (κ1) is 13.4. The summed E-state index contributed by atoms with van der Waals surface area (Å²) in [5, 5.41) is 16.3. The number of nitriles is 1. The second-order valence-corrected chi connectivity index (χ2v) is 4.80. The van der Waals surface area contributed by atoms with E-state index in [1.165, 1.54) is 0 Å². The van der Waals surface area contributed by atoms with Crippen molar-refractivity contribution in [2.45, 2.75) is 33.4 Å². The molecule has 0 saturated carbocycles. The number of rotatable bonds is 4. The lowest BCUT2D eigenvalue weighted by Crippen LogP contribution is -2.18. The van der Waals surface area contributed by atoms with Crippen LogP contribution in [0, 0.1) is 25.2 Å². The molecule has 5 nitrogen and oxygen atoms in total. The summed E-state index contributed by atoms with van der Waals surface area (Å²) in [5.74, 6) is 0.850. The predicted octanol–water partition coefficient (Wildman–Crippen LogP) is 2.35. The maximum Gasteiger partial charge on any atom is 0.138 e. The first-order valence-corrected chi connectivity index (χ1v) is 6.24. The van der Waals surface area contributed by atoms with Crippen LogP contribution in [0.1, 0.15) is 41.2 Å². The zero-order chi connectivity index (χ0) is 14.0. The predicted molar refractivity (Wildman–Crippen MR) is 71.4 cm³/mol. The van der Waals surface area contributed by atoms with Crippen molar-refractivity contribution >= 4 is 0 Å². The molecule has 0 fully saturated rings. The van der Waals surface area contributed by atoms with E-state index in [0.717, 1.165) is 22.6 Å². The van der Waals surface area contributed by atoms with Gasteiger partial charge in [0, 0.05) is 31.4 Å². The Hall–Kier alpha value is -2.06. The minimum absolute atomic E-state index is 0.164. The lowest BCUT2D eigenvalue weighted by Gasteiger charge is -2.12. The largest absolute Gasteiger partial charge is 0.361 e. The van der Waals surface area contributed by atoms with Gasteiger partial charge in [-0.15, -0.1) is 0 Å². The SMILES string of the molecule is Cc1noc(C)c1C(C)NCc1cc(C#N)n(C)c1. The van der Waals surface area contributed by atoms with Gasteiger partial charge >= 0.3 is 0 Å². The minimum atomic E-state index is 0.164. The maximum absolute atomic E-state index is 8.92. The van der Waals surface area contributed by atoms with Gasteiger partial charge in [-0.25, -0.2) is 0 Å². The summed E-state index contributed by atoms with van der Waals surface area (Å²) in [6.07, 6.45) is 1.96. The van der Waals surface area contributed by atoms with E-state index in [2.05, 4.69) is 23.5 Å². The van der Waals surface area contributed by atoms with Gasteiger partial charge in [-0.1, -0.05) is 5.16 Å². The van der Waals surface area contributed by atoms with Gasteiger partial charge in [-0.05, 0) is 32.4 Å². The van der Waals surface area contributed by atoms with Crippen molar-refractivity contribution in [3.05, 3.63) is 40.5 Å². The average molecular weight is 258 g/mol. The summed E-state index contributed by atoms with van der Waals surface area (Å²) >= 11 is 0. The van der Waals surface area contributed by atoms with Crippen LogP contribution >= 0.6 is 0 Å². The molecule has 0 spiro atoms. The Morgan fingerprint density at radius 2 is 2.26 bits per heavy atom. The third-order valence-corrected chi connectivity index (χ3v) is 3.31. The summed E-state index contributed by atoms with van der Waals surface area (Å²) in [6.45, 7) is 6.66. The highest BCUT2D eigenvalue weighted by molar-refractivity contribution is 5.29. The van der Waals surface area contributed by atoms with Crippen LogP contribution in [0.25, 0.3) is 0 Å². The summed E-state index contributed by atoms with van der Waals surface area (Å²) in [5.41, 5.74) is 3.79. The molecule has 0 amide bonds. The van der Waals surface area contributed by atoms with Gasteiger partial charge in [0.1, 0.15) is 17.5 Å². The van der Waals surface area contributed by atoms with Crippen LogP contribution in [0.3, 0.4) is 0 Å². The molecule has 100 valence electrons. The number of nitrogens with one attached hydrogen (secondary N) is 1. The normalized spacial score (nSPS) is 12.4. The Bertz CT molecular complexity index is 598. The minimum Gasteiger partial charge on any atom is -0.361 e. The van der Waals surface area contributed by atoms with E-state index in [1.54, 1.807) is 0 Å². The van der Waals surface area contributed by atoms with Gasteiger partial charge in [0.05, 0.1) is 5.69 Å². The standard InChI is InChI=1S/C14H18N4O/c1-9(14-10(2)17-19-11(14)3)16-7-12-5-13(6-15)18(4)8-12/h5,8-9,16H,7H2,1-4H3. The summed E-state index contributed by atoms with van der Waals surface area (Å²) in [7, 11) is 1.87. The van der Waals surface area contributed by atoms with E-state index >= 15 is 0 Å². The van der Waals surface area contributed by atoms with Crippen LogP contribution in [0.4, 0.5) is 0 Å². The highest BCUT2D eigenvalue weighted by atomic mass is 16.5. The van der Waals surface area contributed by atoms with E-state index < -0.39 is 0 Å². The van der Waals surface area contributed by atoms with Crippen LogP contribution in [0.2, 0.25) is 0 Å². The van der Waals surface area contributed by atoms with Crippen molar-refractivity contribution < 1.29 is 4.52 Å². The molecule has 5 heteroatoms. The number of aromatic nitrogens is 2. The summed E-state index contributed by atoms with van der Waals surface area (Å²) in [6, 6.07) is 4.22. The molecule has 2 aromatic heterocycles. The molecular formula is C14H18N4O. The highest BCUT2D eigenvalue weighted by Gasteiger charge is 2.16. The lowest BCUT2D eigenvalue weighted by molar-refractivity contribution is 0.390. The molecule has 2 heterocycles. The summed E-state index contributed by atoms with van der Waals surface area (Å²) < 4.78 is 7.00. The van der Waals surface area contributed by atoms with E-state index in [0.29, 0.717) is 12.2 Å². The second kappa shape index (κ2) is 5.29. The van der Waals surface area contributed by atoms with Gasteiger partial charge in [-0.3, -0.25) is 0 Å². The van der Waals surface area contributed by atoms with E-state index in [-0.39, 0.29) is 6.04 Å². The molecule has 0 radical (unpaired) electrons. The van der Waals surface area contributed by atoms with Crippen molar-refractivity contribution in [3.63, 3.8) is 0 Å². The molecule has 1 unspecified atom stereocenters. The Balaban J connectivity index is 2.04. The average Bonchev–Trinajstić information content (AvgIpc) is 2.90. The fourth-order valence-corrected chi connectivity index (χ4v) is 2.32. The van der Waals surface area contributed by atoms with Gasteiger partial charge in [0.15, 0.2) is 0 Å². The van der Waals surface area contributed by atoms with Crippen LogP contribution in [0.15, 0.2) is 16.8 Å². The molecule has 0 aliphatic heterocycles. The first-order valence-electron chi connectivity index (χ1n) is 6.24. The van der Waals surface area contributed by atoms with Gasteiger partial charge in [0.2, 0.25) is 0 Å². The number of aryl methyl sites for hydroxylation is 3. The zero-order valence-corrected chi connectivity index (χ0v) is 11.7. The fourth-order valence-electron chi connectivity index (χ4n) is 2.32. The number of hydrogen-bond acceptors (Lipinski definition) is 4. The smallest absolute Gasteiger partial charge is 0.138 e. The molecule has 2 aromatic rings. The number of nitrogens with zero attached hydrogens (tertiary/aromatic N) is 3. The fraction of sp³-hybridized carbons (Fsp3) is 0.429. The molecule has 1 N–H and O–H groups in total. The topological polar surface area (TPSA) is 66.8 Å². The van der Waals surface area contributed by atoms with Crippen LogP contribution < -0.4 is 5.32 Å². The molecule has 19 heavy (non-hydrogen) atoms. The van der Waals surface area contributed by atoms with Crippen LogP contribution in [-0.2, 0) is 13.6 Å². The van der Waals surface area contributed by atoms with Gasteiger partial charge in [0.25, 0.3) is 0 Å². The zero-order valence-electron chi connectivity index (χ0n) is 11.7. The monoisotopic (exact) mass is 258 g/mol. The molecule has 0 bridgehead atoms. The van der Waals surface area contributed by atoms with Gasteiger partial charge in [-0.2, -0.15) is 5.26 Å². The van der Waals surface area contributed by atoms with E-state index in [1.807, 2.05) is 37.7 Å². The number of hydrogen-bond donors (Lipinski definition) is 1. The second-order valence-electron chi connectivity index (χ2n) is 4.80. The van der Waals surface area contributed by atoms with Crippen molar-refractivity contribution in [3.8, 4) is 6.07 Å². The Morgan fingerprint density at radius 1 is 1.53 bits per heavy atom. The highest BCUT2D eigenvalue weighted by Crippen LogP contribution is 2.21. The van der Waals surface area contributed by atoms with Crippen molar-refractivity contribution in [2.75, 3.05) is 0 Å². The Labute approximate surface area is 112 Å². The maximum atomic E-state index is 8.92. The Morgan fingerprint density at radius 3 is 2.79 bits per heavy atom. The third kappa shape index (κ3) is 2.69. The van der Waals surface area contributed by atoms with Crippen LogP contribution in [0.5, 0.6) is 0 Å². The molecule has 0 aliphatic carbocycles. The van der Waals surface area contributed by atoms with Crippen molar-refractivity contribution in [1.82, 2.24) is 15.0 Å². The van der Waals surface area contributed by atoms with Crippen molar-refractivity contribution in [2.24, 2.45) is 7.05 Å². The molecule has 0 saturated heterocycles. The van der Waals surface area contributed by atoms with Crippen LogP contribution in [-0.4, -0.2) is 9.72 Å². The Kier molecular flexibility index (Phi) is 3.72. The molecular weight excluding hydrogens is 240 g/mol. The summed E-state index contributed by atoms with van der Waals surface area (Å²) in [4.78, 5) is 0. The molecule has 2 rings (SSSR count). The quantitative estimate of drug-likeness (QED) is 0.914. The van der Waals surface area contributed by atoms with E-state index in [4.69, 9.17) is 9.78 Å². The third-order valence-electron chi connectivity index (χ3n) is 3.31. The van der Waals surface area contributed by atoms with Gasteiger partial charge < -0.3 is 14.4 Å². The van der Waals surface area contributed by atoms with E-state index in [9.17, 15) is 0 Å². The lowest BCUT2D eigenvalue weighted by atomic mass is 10.1. The molecule has 0 aromatic carbocycles. The van der Waals surface area contributed by atoms with Crippen molar-refractivity contribution in [1.29, 1.82) is 5.26 Å².